The van der Waals surface area contributed by atoms with Gasteiger partial charge in [-0.25, -0.2) is 0 Å². The molecule has 9 aromatic rings. The summed E-state index contributed by atoms with van der Waals surface area (Å²) in [6.07, 6.45) is 0. The molecule has 0 spiro atoms. The third kappa shape index (κ3) is 4.68. The van der Waals surface area contributed by atoms with E-state index in [2.05, 4.69) is 191 Å². The zero-order valence-corrected chi connectivity index (χ0v) is 28.8. The molecule has 0 amide bonds. The zero-order chi connectivity index (χ0) is 32.3. The molecule has 10 rings (SSSR count). The van der Waals surface area contributed by atoms with Crippen molar-refractivity contribution in [1.82, 2.24) is 4.57 Å². The molecule has 0 aliphatic carbocycles. The summed E-state index contributed by atoms with van der Waals surface area (Å²) in [7, 11) is 0. The number of anilines is 3. The fraction of sp³-hybridized carbons (Fsp3) is 0. The van der Waals surface area contributed by atoms with E-state index in [-0.39, 0.29) is 21.2 Å². The summed E-state index contributed by atoms with van der Waals surface area (Å²) in [6.45, 7) is 0. The Bertz CT molecular complexity index is 2670. The van der Waals surface area contributed by atoms with Crippen molar-refractivity contribution in [2.75, 3.05) is 4.90 Å². The molecule has 1 aliphatic heterocycles. The average molecular weight is 738 g/mol. The molecule has 1 aliphatic rings. The van der Waals surface area contributed by atoms with Crippen LogP contribution in [0.2, 0.25) is 0 Å². The van der Waals surface area contributed by atoms with Gasteiger partial charge in [-0.1, -0.05) is 6.07 Å². The second-order valence-electron chi connectivity index (χ2n) is 12.5. The third-order valence-electron chi connectivity index (χ3n) is 9.72. The van der Waals surface area contributed by atoms with Crippen molar-refractivity contribution < 1.29 is 21.2 Å². The van der Waals surface area contributed by atoms with Crippen molar-refractivity contribution in [3.8, 4) is 27.9 Å². The van der Waals surface area contributed by atoms with Crippen molar-refractivity contribution in [2.45, 2.75) is 0 Å². The number of hydrogen-bond acceptors (Lipinski definition) is 1. The first kappa shape index (κ1) is 28.4. The van der Waals surface area contributed by atoms with Crippen LogP contribution in [-0.2, 0) is 0 Å². The molecule has 0 saturated heterocycles. The first-order valence-corrected chi connectivity index (χ1v) is 18.8. The first-order valence-electron chi connectivity index (χ1n) is 16.7. The van der Waals surface area contributed by atoms with Crippen LogP contribution < -0.4 is 26.1 Å². The van der Waals surface area contributed by atoms with Gasteiger partial charge in [-0.15, -0.1) is 0 Å². The van der Waals surface area contributed by atoms with Crippen LogP contribution in [0.15, 0.2) is 182 Å². The fourth-order valence-electron chi connectivity index (χ4n) is 7.44. The Morgan fingerprint density at radius 3 is 1.96 bits per heavy atom. The van der Waals surface area contributed by atoms with E-state index < -0.39 is 0 Å². The predicted octanol–water partition coefficient (Wildman–Crippen LogP) is 9.18. The standard InChI is InChI=1S/C46H30IN2/c1-3-12-31(13-4-1)32-22-24-35(25-23-32)49-45-27-26-36(28-40(45)41-29-39-38-19-9-10-20-42(38)47-43(39)30-46(41)49)48(34-16-5-2-6-17-34)44-21-11-15-33-14-7-8-18-37(33)44/h1-30H/q-1. The van der Waals surface area contributed by atoms with Crippen LogP contribution in [0, 0.1) is 7.14 Å². The SMILES string of the molecule is c1ccc(-c2ccc(-n3c4ccc(N(c5ccccc5)c5cccc6ccccc56)cc4c4cc5c(cc43)[I-]c3ccccc3-5)cc2)cc1. The molecule has 3 heteroatoms. The van der Waals surface area contributed by atoms with E-state index in [1.807, 2.05) is 0 Å². The molecule has 0 radical (unpaired) electrons. The van der Waals surface area contributed by atoms with Crippen LogP contribution in [0.3, 0.4) is 0 Å². The van der Waals surface area contributed by atoms with Gasteiger partial charge < -0.3 is 0 Å². The predicted molar refractivity (Wildman–Crippen MR) is 201 cm³/mol. The van der Waals surface area contributed by atoms with E-state index in [9.17, 15) is 0 Å². The average Bonchev–Trinajstić information content (AvgIpc) is 3.69. The van der Waals surface area contributed by atoms with E-state index >= 15 is 0 Å². The van der Waals surface area contributed by atoms with Gasteiger partial charge in [0, 0.05) is 0 Å². The van der Waals surface area contributed by atoms with Gasteiger partial charge in [-0.3, -0.25) is 0 Å². The van der Waals surface area contributed by atoms with E-state index in [1.165, 1.54) is 73.3 Å². The number of aromatic nitrogens is 1. The summed E-state index contributed by atoms with van der Waals surface area (Å²) >= 11 is -0.239. The van der Waals surface area contributed by atoms with Gasteiger partial charge in [-0.05, 0) is 0 Å². The topological polar surface area (TPSA) is 8.17 Å². The van der Waals surface area contributed by atoms with E-state index in [4.69, 9.17) is 0 Å². The molecule has 0 atom stereocenters. The van der Waals surface area contributed by atoms with Crippen molar-refractivity contribution >= 4 is 49.6 Å². The second-order valence-corrected chi connectivity index (χ2v) is 15.4. The molecule has 2 heterocycles. The summed E-state index contributed by atoms with van der Waals surface area (Å²) in [4.78, 5) is 2.41. The Morgan fingerprint density at radius 2 is 1.10 bits per heavy atom. The van der Waals surface area contributed by atoms with Crippen LogP contribution in [0.1, 0.15) is 0 Å². The number of hydrogen-bond donors (Lipinski definition) is 0. The van der Waals surface area contributed by atoms with Gasteiger partial charge in [0.2, 0.25) is 0 Å². The zero-order valence-electron chi connectivity index (χ0n) is 26.6. The van der Waals surface area contributed by atoms with Crippen molar-refractivity contribution in [2.24, 2.45) is 0 Å². The van der Waals surface area contributed by atoms with E-state index in [0.29, 0.717) is 0 Å². The van der Waals surface area contributed by atoms with Crippen LogP contribution in [0.4, 0.5) is 17.1 Å². The maximum atomic E-state index is 2.49. The number of halogens is 1. The normalized spacial score (nSPS) is 12.2. The molecular weight excluding hydrogens is 707 g/mol. The van der Waals surface area contributed by atoms with Crippen LogP contribution in [-0.4, -0.2) is 4.57 Å². The third-order valence-corrected chi connectivity index (χ3v) is 12.7. The first-order chi connectivity index (χ1) is 24.3. The molecule has 49 heavy (non-hydrogen) atoms. The molecule has 0 N–H and O–H groups in total. The van der Waals surface area contributed by atoms with Gasteiger partial charge >= 0.3 is 291 Å². The molecule has 0 unspecified atom stereocenters. The molecular formula is C46H30IN2-. The van der Waals surface area contributed by atoms with Gasteiger partial charge in [0.05, 0.1) is 0 Å². The van der Waals surface area contributed by atoms with Crippen LogP contribution in [0.25, 0.3) is 60.5 Å². The van der Waals surface area contributed by atoms with Gasteiger partial charge in [-0.2, -0.15) is 0 Å². The Morgan fingerprint density at radius 1 is 0.408 bits per heavy atom. The minimum atomic E-state index is -0.239. The number of para-hydroxylation sites is 1. The van der Waals surface area contributed by atoms with Gasteiger partial charge in [0.15, 0.2) is 0 Å². The van der Waals surface area contributed by atoms with Crippen LogP contribution in [0.5, 0.6) is 0 Å². The monoisotopic (exact) mass is 737 g/mol. The molecule has 2 nitrogen and oxygen atoms in total. The van der Waals surface area contributed by atoms with Crippen molar-refractivity contribution in [3.63, 3.8) is 0 Å². The second kappa shape index (κ2) is 11.5. The van der Waals surface area contributed by atoms with E-state index in [0.717, 1.165) is 11.4 Å². The van der Waals surface area contributed by atoms with Crippen molar-refractivity contribution in [1.29, 1.82) is 0 Å². The molecule has 1 aromatic heterocycles. The number of nitrogens with zero attached hydrogens (tertiary/aromatic N) is 2. The Labute approximate surface area is 295 Å². The van der Waals surface area contributed by atoms with Crippen LogP contribution >= 0.6 is 0 Å². The molecule has 232 valence electrons. The molecule has 0 fully saturated rings. The fourth-order valence-corrected chi connectivity index (χ4v) is 10.4. The number of benzene rings is 8. The Kier molecular flexibility index (Phi) is 6.66. The maximum absolute atomic E-state index is 2.49. The Hall–Kier alpha value is -5.65. The Balaban J connectivity index is 1.22. The summed E-state index contributed by atoms with van der Waals surface area (Å²) in [5.74, 6) is 0. The summed E-state index contributed by atoms with van der Waals surface area (Å²) in [5, 5.41) is 5.00. The van der Waals surface area contributed by atoms with Gasteiger partial charge in [0.1, 0.15) is 0 Å². The number of fused-ring (bicyclic) bond motifs is 7. The van der Waals surface area contributed by atoms with E-state index in [1.54, 1.807) is 0 Å². The molecule has 0 bridgehead atoms. The number of rotatable bonds is 5. The van der Waals surface area contributed by atoms with Gasteiger partial charge in [0.25, 0.3) is 0 Å². The summed E-state index contributed by atoms with van der Waals surface area (Å²) in [5.41, 5.74) is 12.4. The summed E-state index contributed by atoms with van der Waals surface area (Å²) < 4.78 is 5.49. The van der Waals surface area contributed by atoms with Crippen molar-refractivity contribution in [3.05, 3.63) is 189 Å². The quantitative estimate of drug-likeness (QED) is 0.160. The summed E-state index contributed by atoms with van der Waals surface area (Å²) in [6, 6.07) is 66.7. The minimum absolute atomic E-state index is 0.239. The molecule has 0 saturated carbocycles. The molecule has 8 aromatic carbocycles.